The molecule has 0 aromatic carbocycles. The monoisotopic (exact) mass is 289 g/mol. The van der Waals surface area contributed by atoms with Crippen molar-refractivity contribution in [1.82, 2.24) is 4.98 Å². The highest BCUT2D eigenvalue weighted by Gasteiger charge is 2.10. The van der Waals surface area contributed by atoms with E-state index in [1.165, 1.54) is 36.8 Å². The molecule has 0 radical (unpaired) electrons. The van der Waals surface area contributed by atoms with E-state index in [1.54, 1.807) is 5.57 Å². The summed E-state index contributed by atoms with van der Waals surface area (Å²) in [7, 11) is 0. The Hall–Kier alpha value is -1.42. The number of nitrogens with two attached hydrogens (primary N) is 1. The number of allylic oxidation sites excluding steroid dienone is 2. The summed E-state index contributed by atoms with van der Waals surface area (Å²) in [6, 6.07) is 2.12. The van der Waals surface area contributed by atoms with Crippen LogP contribution >= 0.6 is 12.2 Å². The summed E-state index contributed by atoms with van der Waals surface area (Å²) >= 11 is 4.91. The fourth-order valence-electron chi connectivity index (χ4n) is 2.81. The van der Waals surface area contributed by atoms with Gasteiger partial charge >= 0.3 is 0 Å². The maximum atomic E-state index is 5.56. The van der Waals surface area contributed by atoms with Crippen molar-refractivity contribution in [2.75, 3.05) is 5.32 Å². The number of aryl methyl sites for hydroxylation is 1. The minimum Gasteiger partial charge on any atom is -0.376 e. The van der Waals surface area contributed by atoms with Crippen molar-refractivity contribution in [3.63, 3.8) is 0 Å². The standard InChI is InChI=1S/C16H23N3S/c1-2-14-13(9-8-12-6-4-3-5-7-12)10-11-18-15(14)19-16(17)20/h6,10-11H,2-5,7-9H2,1H3,(H3,17,18,19,20). The normalized spacial score (nSPS) is 14.8. The van der Waals surface area contributed by atoms with Gasteiger partial charge in [0.25, 0.3) is 0 Å². The molecule has 0 spiro atoms. The van der Waals surface area contributed by atoms with Gasteiger partial charge in [-0.2, -0.15) is 0 Å². The number of thiocarbonyl (C=S) groups is 1. The molecule has 1 aromatic rings. The van der Waals surface area contributed by atoms with Gasteiger partial charge in [-0.3, -0.25) is 0 Å². The largest absolute Gasteiger partial charge is 0.376 e. The first-order valence-corrected chi connectivity index (χ1v) is 7.82. The number of nitrogens with one attached hydrogen (secondary N) is 1. The van der Waals surface area contributed by atoms with Gasteiger partial charge in [-0.15, -0.1) is 0 Å². The van der Waals surface area contributed by atoms with Crippen LogP contribution in [0, 0.1) is 0 Å². The van der Waals surface area contributed by atoms with Crippen LogP contribution in [0.25, 0.3) is 0 Å². The van der Waals surface area contributed by atoms with Crippen LogP contribution < -0.4 is 11.1 Å². The molecular weight excluding hydrogens is 266 g/mol. The molecule has 3 N–H and O–H groups in total. The molecule has 4 heteroatoms. The molecule has 0 fully saturated rings. The Balaban J connectivity index is 2.10. The fraction of sp³-hybridized carbons (Fsp3) is 0.500. The molecule has 0 bridgehead atoms. The number of hydrogen-bond donors (Lipinski definition) is 2. The van der Waals surface area contributed by atoms with E-state index in [9.17, 15) is 0 Å². The van der Waals surface area contributed by atoms with E-state index in [2.05, 4.69) is 29.4 Å². The highest BCUT2D eigenvalue weighted by atomic mass is 32.1. The highest BCUT2D eigenvalue weighted by Crippen LogP contribution is 2.24. The number of rotatable bonds is 5. The van der Waals surface area contributed by atoms with Crippen LogP contribution in [0.3, 0.4) is 0 Å². The third-order valence-corrected chi connectivity index (χ3v) is 3.95. The first-order chi connectivity index (χ1) is 9.70. The Kier molecular flexibility index (Phi) is 5.53. The second-order valence-corrected chi connectivity index (χ2v) is 5.69. The van der Waals surface area contributed by atoms with E-state index in [-0.39, 0.29) is 5.11 Å². The fourth-order valence-corrected chi connectivity index (χ4v) is 2.91. The Bertz CT molecular complexity index is 508. The number of nitrogens with zero attached hydrogens (tertiary/aromatic N) is 1. The van der Waals surface area contributed by atoms with Crippen molar-refractivity contribution in [1.29, 1.82) is 0 Å². The molecule has 20 heavy (non-hydrogen) atoms. The van der Waals surface area contributed by atoms with Gasteiger partial charge < -0.3 is 11.1 Å². The van der Waals surface area contributed by atoms with Gasteiger partial charge in [0.2, 0.25) is 0 Å². The lowest BCUT2D eigenvalue weighted by Gasteiger charge is -2.16. The zero-order valence-corrected chi connectivity index (χ0v) is 12.9. The second kappa shape index (κ2) is 7.39. The van der Waals surface area contributed by atoms with Gasteiger partial charge in [0.15, 0.2) is 5.11 Å². The predicted molar refractivity (Wildman–Crippen MR) is 88.9 cm³/mol. The zero-order valence-electron chi connectivity index (χ0n) is 12.1. The molecule has 0 amide bonds. The van der Waals surface area contributed by atoms with Crippen molar-refractivity contribution in [2.45, 2.75) is 51.9 Å². The van der Waals surface area contributed by atoms with Gasteiger partial charge in [0.1, 0.15) is 5.82 Å². The molecule has 0 saturated heterocycles. The average molecular weight is 289 g/mol. The maximum absolute atomic E-state index is 5.56. The van der Waals surface area contributed by atoms with Crippen LogP contribution in [0.5, 0.6) is 0 Å². The first kappa shape index (κ1) is 15.0. The molecule has 1 aromatic heterocycles. The van der Waals surface area contributed by atoms with Crippen LogP contribution in [0.4, 0.5) is 5.82 Å². The smallest absolute Gasteiger partial charge is 0.169 e. The van der Waals surface area contributed by atoms with E-state index in [1.807, 2.05) is 6.20 Å². The zero-order chi connectivity index (χ0) is 14.4. The van der Waals surface area contributed by atoms with Crippen LogP contribution in [0.2, 0.25) is 0 Å². The van der Waals surface area contributed by atoms with E-state index in [0.717, 1.165) is 25.1 Å². The Morgan fingerprint density at radius 1 is 1.40 bits per heavy atom. The summed E-state index contributed by atoms with van der Waals surface area (Å²) < 4.78 is 0. The minimum atomic E-state index is 0.277. The second-order valence-electron chi connectivity index (χ2n) is 5.25. The highest BCUT2D eigenvalue weighted by molar-refractivity contribution is 7.80. The summed E-state index contributed by atoms with van der Waals surface area (Å²) in [6.07, 6.45) is 12.6. The summed E-state index contributed by atoms with van der Waals surface area (Å²) in [5, 5.41) is 3.26. The van der Waals surface area contributed by atoms with Crippen molar-refractivity contribution in [2.24, 2.45) is 5.73 Å². The lowest BCUT2D eigenvalue weighted by Crippen LogP contribution is -2.21. The van der Waals surface area contributed by atoms with Crippen molar-refractivity contribution < 1.29 is 0 Å². The molecule has 1 heterocycles. The van der Waals surface area contributed by atoms with Gasteiger partial charge in [-0.1, -0.05) is 18.6 Å². The SMILES string of the molecule is CCc1c(CCC2=CCCCC2)ccnc1NC(N)=S. The third-order valence-electron chi connectivity index (χ3n) is 3.85. The topological polar surface area (TPSA) is 50.9 Å². The van der Waals surface area contributed by atoms with Crippen molar-refractivity contribution in [3.8, 4) is 0 Å². The number of pyridine rings is 1. The molecule has 108 valence electrons. The first-order valence-electron chi connectivity index (χ1n) is 7.41. The molecule has 1 aliphatic rings. The van der Waals surface area contributed by atoms with E-state index in [4.69, 9.17) is 18.0 Å². The molecule has 3 nitrogen and oxygen atoms in total. The Morgan fingerprint density at radius 3 is 2.90 bits per heavy atom. The lowest BCUT2D eigenvalue weighted by molar-refractivity contribution is 0.673. The van der Waals surface area contributed by atoms with Crippen LogP contribution in [0.1, 0.15) is 50.2 Å². The Labute approximate surface area is 126 Å². The Morgan fingerprint density at radius 2 is 2.25 bits per heavy atom. The predicted octanol–water partition coefficient (Wildman–Crippen LogP) is 3.73. The summed E-state index contributed by atoms with van der Waals surface area (Å²) in [5.41, 5.74) is 9.76. The maximum Gasteiger partial charge on any atom is 0.169 e. The van der Waals surface area contributed by atoms with E-state index >= 15 is 0 Å². The summed E-state index contributed by atoms with van der Waals surface area (Å²) in [5.74, 6) is 0.815. The molecule has 0 aliphatic heterocycles. The molecule has 0 atom stereocenters. The minimum absolute atomic E-state index is 0.277. The van der Waals surface area contributed by atoms with Gasteiger partial charge in [0, 0.05) is 6.20 Å². The van der Waals surface area contributed by atoms with Gasteiger partial charge in [-0.25, -0.2) is 4.98 Å². The van der Waals surface area contributed by atoms with Crippen molar-refractivity contribution in [3.05, 3.63) is 35.0 Å². The number of hydrogen-bond acceptors (Lipinski definition) is 2. The van der Waals surface area contributed by atoms with E-state index in [0.29, 0.717) is 0 Å². The van der Waals surface area contributed by atoms with Gasteiger partial charge in [0.05, 0.1) is 0 Å². The number of anilines is 1. The molecular formula is C16H23N3S. The molecule has 1 aliphatic carbocycles. The third kappa shape index (κ3) is 4.04. The quantitative estimate of drug-likeness (QED) is 0.640. The van der Waals surface area contributed by atoms with Crippen molar-refractivity contribution >= 4 is 23.1 Å². The number of aromatic nitrogens is 1. The van der Waals surface area contributed by atoms with E-state index < -0.39 is 0 Å². The van der Waals surface area contributed by atoms with Gasteiger partial charge in [-0.05, 0) is 74.4 Å². The van der Waals surface area contributed by atoms with Crippen LogP contribution in [0.15, 0.2) is 23.9 Å². The lowest BCUT2D eigenvalue weighted by atomic mass is 9.93. The average Bonchev–Trinajstić information content (AvgIpc) is 2.45. The molecule has 0 saturated carbocycles. The van der Waals surface area contributed by atoms with Crippen LogP contribution in [-0.4, -0.2) is 10.1 Å². The summed E-state index contributed by atoms with van der Waals surface area (Å²) in [6.45, 7) is 2.14. The van der Waals surface area contributed by atoms with Crippen LogP contribution in [-0.2, 0) is 12.8 Å². The summed E-state index contributed by atoms with van der Waals surface area (Å²) in [4.78, 5) is 4.35. The molecule has 2 rings (SSSR count). The molecule has 0 unspecified atom stereocenters.